The van der Waals surface area contributed by atoms with Gasteiger partial charge in [-0.1, -0.05) is 50.2 Å². The van der Waals surface area contributed by atoms with Crippen molar-refractivity contribution in [2.24, 2.45) is 5.92 Å². The molecule has 8 heteroatoms. The summed E-state index contributed by atoms with van der Waals surface area (Å²) in [5.41, 5.74) is 2.79. The van der Waals surface area contributed by atoms with E-state index in [1.54, 1.807) is 32.1 Å². The van der Waals surface area contributed by atoms with Crippen LogP contribution in [0.15, 0.2) is 54.6 Å². The molecule has 0 fully saturated rings. The van der Waals surface area contributed by atoms with Gasteiger partial charge in [0.15, 0.2) is 11.5 Å². The summed E-state index contributed by atoms with van der Waals surface area (Å²) in [5.74, 6) is 1.12. The van der Waals surface area contributed by atoms with Gasteiger partial charge in [-0.25, -0.2) is 0 Å². The van der Waals surface area contributed by atoms with Gasteiger partial charge < -0.3 is 19.5 Å². The van der Waals surface area contributed by atoms with Crippen molar-refractivity contribution in [2.45, 2.75) is 52.1 Å². The second kappa shape index (κ2) is 14.3. The van der Waals surface area contributed by atoms with Crippen LogP contribution in [0.5, 0.6) is 11.5 Å². The maximum absolute atomic E-state index is 13.5. The Morgan fingerprint density at radius 2 is 1.66 bits per heavy atom. The SMILES string of the molecule is COCCCC(=O)[C@H](CCc1ccccc1)NC(=O)c1cc(-c2c(OC)cccc2OC)n(CC(C)C)n1. The van der Waals surface area contributed by atoms with Crippen molar-refractivity contribution in [3.05, 3.63) is 65.9 Å². The van der Waals surface area contributed by atoms with Crippen LogP contribution < -0.4 is 14.8 Å². The number of Topliss-reactive ketones (excluding diaryl/α,β-unsaturated/α-hetero) is 1. The largest absolute Gasteiger partial charge is 0.496 e. The summed E-state index contributed by atoms with van der Waals surface area (Å²) >= 11 is 0. The van der Waals surface area contributed by atoms with E-state index in [0.717, 1.165) is 11.1 Å². The van der Waals surface area contributed by atoms with Gasteiger partial charge in [0.1, 0.15) is 11.5 Å². The van der Waals surface area contributed by atoms with Gasteiger partial charge in [-0.05, 0) is 48.9 Å². The van der Waals surface area contributed by atoms with Gasteiger partial charge in [-0.2, -0.15) is 5.10 Å². The quantitative estimate of drug-likeness (QED) is 0.285. The molecule has 0 spiro atoms. The second-order valence-electron chi connectivity index (χ2n) is 9.64. The number of benzene rings is 2. The Morgan fingerprint density at radius 3 is 2.26 bits per heavy atom. The molecule has 0 aliphatic heterocycles. The molecular formula is C30H39N3O5. The molecule has 0 saturated heterocycles. The molecule has 0 aliphatic carbocycles. The minimum atomic E-state index is -0.626. The standard InChI is InChI=1S/C30H39N3O5/c1-21(2)20-33-25(29-27(37-4)14-9-15-28(29)38-5)19-24(32-33)30(35)31-23(26(34)13-10-18-36-3)17-16-22-11-7-6-8-12-22/h6-9,11-12,14-15,19,21,23H,10,13,16-18,20H2,1-5H3,(H,31,35)/t23-/m0/s1. The predicted molar refractivity (Wildman–Crippen MR) is 148 cm³/mol. The van der Waals surface area contributed by atoms with E-state index >= 15 is 0 Å². The summed E-state index contributed by atoms with van der Waals surface area (Å²) in [6.45, 7) is 5.26. The number of nitrogens with zero attached hydrogens (tertiary/aromatic N) is 2. The highest BCUT2D eigenvalue weighted by molar-refractivity contribution is 5.97. The first kappa shape index (κ1) is 28.9. The minimum absolute atomic E-state index is 0.0143. The molecule has 0 aliphatic rings. The molecule has 0 bridgehead atoms. The summed E-state index contributed by atoms with van der Waals surface area (Å²) in [5, 5.41) is 7.61. The Morgan fingerprint density at radius 1 is 0.974 bits per heavy atom. The summed E-state index contributed by atoms with van der Waals surface area (Å²) in [6.07, 6.45) is 2.11. The number of hydrogen-bond acceptors (Lipinski definition) is 6. The third-order valence-electron chi connectivity index (χ3n) is 6.26. The Hall–Kier alpha value is -3.65. The zero-order valence-electron chi connectivity index (χ0n) is 23.0. The topological polar surface area (TPSA) is 91.7 Å². The van der Waals surface area contributed by atoms with E-state index in [0.29, 0.717) is 56.0 Å². The zero-order chi connectivity index (χ0) is 27.5. The Bertz CT molecular complexity index is 1170. The predicted octanol–water partition coefficient (Wildman–Crippen LogP) is 4.95. The van der Waals surface area contributed by atoms with Gasteiger partial charge >= 0.3 is 0 Å². The fourth-order valence-electron chi connectivity index (χ4n) is 4.38. The van der Waals surface area contributed by atoms with Gasteiger partial charge in [0.2, 0.25) is 0 Å². The fraction of sp³-hybridized carbons (Fsp3) is 0.433. The van der Waals surface area contributed by atoms with Crippen LogP contribution in [0.2, 0.25) is 0 Å². The van der Waals surface area contributed by atoms with E-state index < -0.39 is 6.04 Å². The van der Waals surface area contributed by atoms with Crippen molar-refractivity contribution in [1.82, 2.24) is 15.1 Å². The minimum Gasteiger partial charge on any atom is -0.496 e. The first-order chi connectivity index (χ1) is 18.4. The molecule has 8 nitrogen and oxygen atoms in total. The maximum atomic E-state index is 13.5. The molecule has 0 unspecified atom stereocenters. The first-order valence-electron chi connectivity index (χ1n) is 13.0. The molecule has 38 heavy (non-hydrogen) atoms. The molecule has 3 rings (SSSR count). The van der Waals surface area contributed by atoms with Crippen LogP contribution in [0.3, 0.4) is 0 Å². The molecule has 1 aromatic heterocycles. The average molecular weight is 522 g/mol. The lowest BCUT2D eigenvalue weighted by molar-refractivity contribution is -0.121. The monoisotopic (exact) mass is 521 g/mol. The molecule has 3 aromatic rings. The highest BCUT2D eigenvalue weighted by atomic mass is 16.5. The summed E-state index contributed by atoms with van der Waals surface area (Å²) in [4.78, 5) is 26.5. The number of hydrogen-bond donors (Lipinski definition) is 1. The highest BCUT2D eigenvalue weighted by Gasteiger charge is 2.25. The molecule has 0 saturated carbocycles. The van der Waals surface area contributed by atoms with E-state index in [-0.39, 0.29) is 23.3 Å². The molecule has 1 amide bonds. The maximum Gasteiger partial charge on any atom is 0.272 e. The number of carbonyl (C=O) groups excluding carboxylic acids is 2. The molecule has 1 atom stereocenters. The molecule has 204 valence electrons. The van der Waals surface area contributed by atoms with Crippen LogP contribution in [-0.4, -0.2) is 55.4 Å². The van der Waals surface area contributed by atoms with Gasteiger partial charge in [0, 0.05) is 26.7 Å². The molecule has 1 N–H and O–H groups in total. The summed E-state index contributed by atoms with van der Waals surface area (Å²) in [6, 6.07) is 16.6. The normalized spacial score (nSPS) is 11.8. The number of aryl methyl sites for hydroxylation is 1. The van der Waals surface area contributed by atoms with E-state index in [9.17, 15) is 9.59 Å². The number of nitrogens with one attached hydrogen (secondary N) is 1. The summed E-state index contributed by atoms with van der Waals surface area (Å²) < 4.78 is 18.1. The Labute approximate surface area is 225 Å². The van der Waals surface area contributed by atoms with Gasteiger partial charge in [0.05, 0.1) is 31.5 Å². The number of methoxy groups -OCH3 is 3. The Balaban J connectivity index is 1.90. The number of ether oxygens (including phenoxy) is 3. The molecular weight excluding hydrogens is 482 g/mol. The van der Waals surface area contributed by atoms with Crippen molar-refractivity contribution >= 4 is 11.7 Å². The second-order valence-corrected chi connectivity index (χ2v) is 9.64. The van der Waals surface area contributed by atoms with Crippen molar-refractivity contribution in [2.75, 3.05) is 27.9 Å². The van der Waals surface area contributed by atoms with Crippen LogP contribution >= 0.6 is 0 Å². The van der Waals surface area contributed by atoms with E-state index in [4.69, 9.17) is 14.2 Å². The van der Waals surface area contributed by atoms with E-state index in [1.165, 1.54) is 0 Å². The van der Waals surface area contributed by atoms with Crippen molar-refractivity contribution in [3.8, 4) is 22.8 Å². The fourth-order valence-corrected chi connectivity index (χ4v) is 4.38. The van der Waals surface area contributed by atoms with Gasteiger partial charge in [-0.15, -0.1) is 0 Å². The van der Waals surface area contributed by atoms with Crippen LogP contribution in [0.1, 0.15) is 49.2 Å². The lowest BCUT2D eigenvalue weighted by atomic mass is 9.99. The van der Waals surface area contributed by atoms with Crippen molar-refractivity contribution < 1.29 is 23.8 Å². The lowest BCUT2D eigenvalue weighted by Crippen LogP contribution is -2.41. The smallest absolute Gasteiger partial charge is 0.272 e. The molecule has 2 aromatic carbocycles. The van der Waals surface area contributed by atoms with Crippen LogP contribution in [0, 0.1) is 5.92 Å². The molecule has 0 radical (unpaired) electrons. The van der Waals surface area contributed by atoms with E-state index in [2.05, 4.69) is 24.3 Å². The zero-order valence-corrected chi connectivity index (χ0v) is 23.0. The van der Waals surface area contributed by atoms with Crippen LogP contribution in [0.4, 0.5) is 0 Å². The Kier molecular flexibility index (Phi) is 10.9. The third-order valence-corrected chi connectivity index (χ3v) is 6.26. The van der Waals surface area contributed by atoms with Crippen LogP contribution in [0.25, 0.3) is 11.3 Å². The summed E-state index contributed by atoms with van der Waals surface area (Å²) in [7, 11) is 4.81. The van der Waals surface area contributed by atoms with Gasteiger partial charge in [-0.3, -0.25) is 14.3 Å². The lowest BCUT2D eigenvalue weighted by Gasteiger charge is -2.17. The number of ketones is 1. The average Bonchev–Trinajstić information content (AvgIpc) is 3.33. The third kappa shape index (κ3) is 7.68. The highest BCUT2D eigenvalue weighted by Crippen LogP contribution is 2.38. The van der Waals surface area contributed by atoms with Crippen LogP contribution in [-0.2, 0) is 22.5 Å². The number of rotatable bonds is 15. The van der Waals surface area contributed by atoms with Crippen molar-refractivity contribution in [1.29, 1.82) is 0 Å². The number of carbonyl (C=O) groups is 2. The molecule has 1 heterocycles. The number of aromatic nitrogens is 2. The van der Waals surface area contributed by atoms with Gasteiger partial charge in [0.25, 0.3) is 5.91 Å². The number of amides is 1. The van der Waals surface area contributed by atoms with Crippen molar-refractivity contribution in [3.63, 3.8) is 0 Å². The first-order valence-corrected chi connectivity index (χ1v) is 13.0. The van der Waals surface area contributed by atoms with E-state index in [1.807, 2.05) is 48.5 Å².